The van der Waals surface area contributed by atoms with Crippen LogP contribution in [-0.4, -0.2) is 53.1 Å². The third kappa shape index (κ3) is 4.20. The molecule has 34 heavy (non-hydrogen) atoms. The van der Waals surface area contributed by atoms with E-state index in [4.69, 9.17) is 4.74 Å². The van der Waals surface area contributed by atoms with Crippen molar-refractivity contribution in [2.75, 3.05) is 18.5 Å². The predicted molar refractivity (Wildman–Crippen MR) is 130 cm³/mol. The van der Waals surface area contributed by atoms with Gasteiger partial charge in [0.05, 0.1) is 31.1 Å². The van der Waals surface area contributed by atoms with Gasteiger partial charge in [0, 0.05) is 11.6 Å². The lowest BCUT2D eigenvalue weighted by Gasteiger charge is -2.33. The van der Waals surface area contributed by atoms with Crippen LogP contribution in [0.4, 0.5) is 5.69 Å². The third-order valence-electron chi connectivity index (χ3n) is 7.10. The van der Waals surface area contributed by atoms with Crippen molar-refractivity contribution in [3.63, 3.8) is 0 Å². The number of benzene rings is 2. The Morgan fingerprint density at radius 1 is 1.12 bits per heavy atom. The highest BCUT2D eigenvalue weighted by molar-refractivity contribution is 6.02. The number of hydrogen-bond acceptors (Lipinski definition) is 5. The third-order valence-corrected chi connectivity index (χ3v) is 7.10. The van der Waals surface area contributed by atoms with Gasteiger partial charge in [0.25, 0.3) is 0 Å². The number of likely N-dealkylation sites (tertiary alicyclic amines) is 1. The maximum absolute atomic E-state index is 13.7. The summed E-state index contributed by atoms with van der Waals surface area (Å²) in [5.74, 6) is -3.01. The summed E-state index contributed by atoms with van der Waals surface area (Å²) in [4.78, 5) is 41.6. The van der Waals surface area contributed by atoms with Crippen molar-refractivity contribution in [1.82, 2.24) is 4.90 Å². The molecule has 0 radical (unpaired) electrons. The lowest BCUT2D eigenvalue weighted by Crippen LogP contribution is -2.49. The largest absolute Gasteiger partial charge is 0.466 e. The highest BCUT2D eigenvalue weighted by Crippen LogP contribution is 2.46. The fourth-order valence-electron chi connectivity index (χ4n) is 5.44. The molecule has 0 spiro atoms. The highest BCUT2D eigenvalue weighted by atomic mass is 16.5. The van der Waals surface area contributed by atoms with E-state index in [9.17, 15) is 19.5 Å². The lowest BCUT2D eigenvalue weighted by atomic mass is 9.69. The van der Waals surface area contributed by atoms with Gasteiger partial charge in [-0.15, -0.1) is 0 Å². The van der Waals surface area contributed by atoms with Crippen molar-refractivity contribution in [3.8, 4) is 0 Å². The molecule has 2 aliphatic rings. The van der Waals surface area contributed by atoms with Crippen LogP contribution in [-0.2, 0) is 19.1 Å². The summed E-state index contributed by atoms with van der Waals surface area (Å²) in [6, 6.07) is 12.1. The molecule has 6 atom stereocenters. The number of aliphatic hydroxyl groups excluding tert-OH is 1. The number of hydrogen-bond donors (Lipinski definition) is 2. The maximum atomic E-state index is 13.7. The van der Waals surface area contributed by atoms with E-state index < -0.39 is 35.8 Å². The SMILES string of the molecule is CCOC(=O)[C@H]1[C@@H]2C(=O)N([C@H](C)CO)[C@H](C(=O)Nc3ccc4ccccc4c3)[C@H]2C=C[C@H]1CC. The molecule has 0 aromatic heterocycles. The molecular weight excluding hydrogens is 432 g/mol. The van der Waals surface area contributed by atoms with Crippen LogP contribution in [0.3, 0.4) is 0 Å². The average Bonchev–Trinajstić information content (AvgIpc) is 3.15. The van der Waals surface area contributed by atoms with Crippen molar-refractivity contribution in [3.05, 3.63) is 54.6 Å². The first kappa shape index (κ1) is 24.0. The second kappa shape index (κ2) is 9.97. The van der Waals surface area contributed by atoms with E-state index in [2.05, 4.69) is 5.32 Å². The van der Waals surface area contributed by atoms with Gasteiger partial charge in [-0.1, -0.05) is 49.4 Å². The molecule has 0 saturated carbocycles. The topological polar surface area (TPSA) is 95.9 Å². The smallest absolute Gasteiger partial charge is 0.310 e. The number of carbonyl (C=O) groups is 3. The fraction of sp³-hybridized carbons (Fsp3) is 0.444. The number of nitrogens with zero attached hydrogens (tertiary/aromatic N) is 1. The lowest BCUT2D eigenvalue weighted by molar-refractivity contribution is -0.156. The van der Waals surface area contributed by atoms with Gasteiger partial charge in [0.15, 0.2) is 0 Å². The van der Waals surface area contributed by atoms with Crippen LogP contribution in [0, 0.1) is 23.7 Å². The number of fused-ring (bicyclic) bond motifs is 2. The Labute approximate surface area is 199 Å². The van der Waals surface area contributed by atoms with Gasteiger partial charge >= 0.3 is 5.97 Å². The summed E-state index contributed by atoms with van der Waals surface area (Å²) in [6.45, 7) is 5.37. The number of esters is 1. The quantitative estimate of drug-likeness (QED) is 0.484. The molecule has 180 valence electrons. The number of amides is 2. The monoisotopic (exact) mass is 464 g/mol. The summed E-state index contributed by atoms with van der Waals surface area (Å²) in [6.07, 6.45) is 4.53. The molecule has 1 aliphatic carbocycles. The molecule has 2 aromatic rings. The fourth-order valence-corrected chi connectivity index (χ4v) is 5.44. The van der Waals surface area contributed by atoms with E-state index >= 15 is 0 Å². The number of nitrogens with one attached hydrogen (secondary N) is 1. The number of ether oxygens (including phenoxy) is 1. The molecule has 1 saturated heterocycles. The minimum absolute atomic E-state index is 0.141. The van der Waals surface area contributed by atoms with Gasteiger partial charge in [0.1, 0.15) is 6.04 Å². The zero-order valence-electron chi connectivity index (χ0n) is 19.8. The van der Waals surface area contributed by atoms with Gasteiger partial charge in [-0.05, 0) is 49.1 Å². The number of anilines is 1. The molecule has 7 heteroatoms. The van der Waals surface area contributed by atoms with E-state index in [0.717, 1.165) is 10.8 Å². The molecule has 7 nitrogen and oxygen atoms in total. The number of carbonyl (C=O) groups excluding carboxylic acids is 3. The molecule has 0 unspecified atom stereocenters. The van der Waals surface area contributed by atoms with Crippen LogP contribution in [0.2, 0.25) is 0 Å². The zero-order valence-corrected chi connectivity index (χ0v) is 19.8. The zero-order chi connectivity index (χ0) is 24.4. The standard InChI is InChI=1S/C27H32N2O5/c1-4-17-11-13-21-23(22(17)27(33)34-5-2)26(32)29(16(3)15-30)24(21)25(31)28-20-12-10-18-8-6-7-9-19(18)14-20/h6-14,16-17,21-24,30H,4-5,15H2,1-3H3,(H,28,31)/t16-,17-,21+,22-,23-,24+/m1/s1. The Morgan fingerprint density at radius 3 is 2.53 bits per heavy atom. The van der Waals surface area contributed by atoms with Crippen molar-refractivity contribution in [2.45, 2.75) is 39.3 Å². The van der Waals surface area contributed by atoms with E-state index in [-0.39, 0.29) is 30.9 Å². The molecule has 4 rings (SSSR count). The van der Waals surface area contributed by atoms with Crippen LogP contribution < -0.4 is 5.32 Å². The molecule has 1 aliphatic heterocycles. The minimum Gasteiger partial charge on any atom is -0.466 e. The van der Waals surface area contributed by atoms with E-state index in [1.54, 1.807) is 13.8 Å². The Hall–Kier alpha value is -3.19. The number of allylic oxidation sites excluding steroid dienone is 1. The minimum atomic E-state index is -0.836. The van der Waals surface area contributed by atoms with Gasteiger partial charge in [-0.2, -0.15) is 0 Å². The first-order chi connectivity index (χ1) is 16.4. The second-order valence-corrected chi connectivity index (χ2v) is 9.11. The predicted octanol–water partition coefficient (Wildman–Crippen LogP) is 3.38. The van der Waals surface area contributed by atoms with Gasteiger partial charge in [0.2, 0.25) is 11.8 Å². The normalized spacial score (nSPS) is 26.9. The summed E-state index contributed by atoms with van der Waals surface area (Å²) in [5.41, 5.74) is 0.629. The summed E-state index contributed by atoms with van der Waals surface area (Å²) in [5, 5.41) is 14.9. The highest BCUT2D eigenvalue weighted by Gasteiger charge is 2.58. The van der Waals surface area contributed by atoms with E-state index in [1.807, 2.05) is 61.5 Å². The van der Waals surface area contributed by atoms with Gasteiger partial charge in [-0.3, -0.25) is 14.4 Å². The Balaban J connectivity index is 1.69. The molecule has 0 bridgehead atoms. The van der Waals surface area contributed by atoms with Crippen LogP contribution in [0.15, 0.2) is 54.6 Å². The van der Waals surface area contributed by atoms with Crippen molar-refractivity contribution in [2.24, 2.45) is 23.7 Å². The summed E-state index contributed by atoms with van der Waals surface area (Å²) < 4.78 is 5.33. The number of aliphatic hydroxyl groups is 1. The molecule has 1 fully saturated rings. The molecule has 2 aromatic carbocycles. The van der Waals surface area contributed by atoms with Crippen LogP contribution in [0.25, 0.3) is 10.8 Å². The Morgan fingerprint density at radius 2 is 1.85 bits per heavy atom. The van der Waals surface area contributed by atoms with Crippen molar-refractivity contribution in [1.29, 1.82) is 0 Å². The molecule has 1 heterocycles. The van der Waals surface area contributed by atoms with Crippen LogP contribution >= 0.6 is 0 Å². The van der Waals surface area contributed by atoms with E-state index in [1.165, 1.54) is 4.90 Å². The second-order valence-electron chi connectivity index (χ2n) is 9.11. The maximum Gasteiger partial charge on any atom is 0.310 e. The first-order valence-electron chi connectivity index (χ1n) is 12.0. The van der Waals surface area contributed by atoms with Crippen molar-refractivity contribution >= 4 is 34.2 Å². The number of rotatable bonds is 7. The van der Waals surface area contributed by atoms with E-state index in [0.29, 0.717) is 12.1 Å². The first-order valence-corrected chi connectivity index (χ1v) is 12.0. The Kier molecular flexibility index (Phi) is 7.03. The van der Waals surface area contributed by atoms with Gasteiger partial charge < -0.3 is 20.1 Å². The van der Waals surface area contributed by atoms with Gasteiger partial charge in [-0.25, -0.2) is 0 Å². The molecular formula is C27H32N2O5. The Bertz CT molecular complexity index is 1110. The van der Waals surface area contributed by atoms with Crippen LogP contribution in [0.5, 0.6) is 0 Å². The molecule has 2 N–H and O–H groups in total. The van der Waals surface area contributed by atoms with Crippen molar-refractivity contribution < 1.29 is 24.2 Å². The summed E-state index contributed by atoms with van der Waals surface area (Å²) >= 11 is 0. The summed E-state index contributed by atoms with van der Waals surface area (Å²) in [7, 11) is 0. The average molecular weight is 465 g/mol. The molecule has 2 amide bonds. The van der Waals surface area contributed by atoms with Crippen LogP contribution in [0.1, 0.15) is 27.2 Å².